The fraction of sp³-hybridized carbons (Fsp3) is 0.400. The van der Waals surface area contributed by atoms with E-state index in [1.54, 1.807) is 30.3 Å². The number of fused-ring (bicyclic) bond motifs is 1. The number of aryl methyl sites for hydroxylation is 2. The van der Waals surface area contributed by atoms with Gasteiger partial charge in [-0.2, -0.15) is 0 Å². The van der Waals surface area contributed by atoms with Crippen LogP contribution in [0.1, 0.15) is 42.6 Å². The summed E-state index contributed by atoms with van der Waals surface area (Å²) in [7, 11) is 0. The first-order chi connectivity index (χ1) is 15.7. The highest BCUT2D eigenvalue weighted by molar-refractivity contribution is 6.31. The van der Waals surface area contributed by atoms with Gasteiger partial charge in [0.05, 0.1) is 5.52 Å². The first-order valence-electron chi connectivity index (χ1n) is 11.2. The van der Waals surface area contributed by atoms with Crippen molar-refractivity contribution in [3.63, 3.8) is 0 Å². The van der Waals surface area contributed by atoms with Crippen LogP contribution < -0.4 is 11.1 Å². The van der Waals surface area contributed by atoms with Crippen molar-refractivity contribution >= 4 is 40.2 Å². The van der Waals surface area contributed by atoms with Gasteiger partial charge >= 0.3 is 5.76 Å². The number of carbonyl (C=O) groups is 2. The van der Waals surface area contributed by atoms with Crippen molar-refractivity contribution in [2.75, 3.05) is 18.4 Å². The summed E-state index contributed by atoms with van der Waals surface area (Å²) >= 11 is 5.95. The lowest BCUT2D eigenvalue weighted by Gasteiger charge is -2.35. The lowest BCUT2D eigenvalue weighted by Crippen LogP contribution is -2.42. The van der Waals surface area contributed by atoms with Crippen molar-refractivity contribution in [1.29, 1.82) is 0 Å². The van der Waals surface area contributed by atoms with Gasteiger partial charge in [-0.05, 0) is 55.0 Å². The van der Waals surface area contributed by atoms with Crippen LogP contribution in [-0.2, 0) is 11.3 Å². The van der Waals surface area contributed by atoms with E-state index in [-0.39, 0.29) is 24.8 Å². The second kappa shape index (κ2) is 9.43. The highest BCUT2D eigenvalue weighted by Crippen LogP contribution is 2.25. The van der Waals surface area contributed by atoms with E-state index in [1.165, 1.54) is 4.57 Å². The minimum Gasteiger partial charge on any atom is -0.408 e. The number of benzene rings is 2. The number of nitrogens with one attached hydrogen (secondary N) is 1. The average Bonchev–Trinajstić information content (AvgIpc) is 3.06. The summed E-state index contributed by atoms with van der Waals surface area (Å²) in [6, 6.07) is 10.3. The zero-order valence-corrected chi connectivity index (χ0v) is 19.8. The van der Waals surface area contributed by atoms with Crippen LogP contribution in [0.25, 0.3) is 11.1 Å². The maximum Gasteiger partial charge on any atom is 0.419 e. The summed E-state index contributed by atoms with van der Waals surface area (Å²) in [4.78, 5) is 39.8. The van der Waals surface area contributed by atoms with Crippen LogP contribution in [0.4, 0.5) is 5.69 Å². The Morgan fingerprint density at radius 1 is 1.12 bits per heavy atom. The van der Waals surface area contributed by atoms with Gasteiger partial charge in [-0.1, -0.05) is 31.5 Å². The Hall–Kier alpha value is -3.06. The monoisotopic (exact) mass is 469 g/mol. The lowest BCUT2D eigenvalue weighted by atomic mass is 9.91. The van der Waals surface area contributed by atoms with E-state index in [2.05, 4.69) is 19.2 Å². The summed E-state index contributed by atoms with van der Waals surface area (Å²) in [5, 5.41) is 3.36. The van der Waals surface area contributed by atoms with Crippen LogP contribution >= 0.6 is 11.6 Å². The molecule has 2 aromatic carbocycles. The first kappa shape index (κ1) is 23.1. The van der Waals surface area contributed by atoms with Gasteiger partial charge in [0, 0.05) is 48.4 Å². The predicted molar refractivity (Wildman–Crippen MR) is 129 cm³/mol. The van der Waals surface area contributed by atoms with E-state index >= 15 is 0 Å². The smallest absolute Gasteiger partial charge is 0.408 e. The quantitative estimate of drug-likeness (QED) is 0.586. The molecule has 2 amide bonds. The van der Waals surface area contributed by atoms with Crippen LogP contribution in [0.5, 0.6) is 0 Å². The Labute approximate surface area is 197 Å². The molecular weight excluding hydrogens is 442 g/mol. The second-order valence-corrected chi connectivity index (χ2v) is 9.55. The molecule has 0 aliphatic carbocycles. The van der Waals surface area contributed by atoms with E-state index in [0.717, 1.165) is 25.1 Å². The van der Waals surface area contributed by atoms with Gasteiger partial charge in [-0.25, -0.2) is 4.79 Å². The minimum atomic E-state index is -0.533. The molecule has 1 aliphatic heterocycles. The number of oxazole rings is 1. The number of piperidine rings is 1. The third-order valence-electron chi connectivity index (χ3n) is 6.11. The number of rotatable bonds is 5. The molecule has 1 fully saturated rings. The highest BCUT2D eigenvalue weighted by atomic mass is 35.5. The first-order valence-corrected chi connectivity index (χ1v) is 11.6. The number of anilines is 1. The van der Waals surface area contributed by atoms with E-state index in [0.29, 0.717) is 39.2 Å². The molecule has 2 atom stereocenters. The van der Waals surface area contributed by atoms with Gasteiger partial charge in [-0.15, -0.1) is 0 Å². The molecule has 2 heterocycles. The normalized spacial score (nSPS) is 18.5. The molecule has 7 nitrogen and oxygen atoms in total. The van der Waals surface area contributed by atoms with Gasteiger partial charge < -0.3 is 14.6 Å². The fourth-order valence-electron chi connectivity index (χ4n) is 4.58. The van der Waals surface area contributed by atoms with E-state index in [1.807, 2.05) is 17.9 Å². The molecule has 4 rings (SSSR count). The fourth-order valence-corrected chi connectivity index (χ4v) is 4.74. The molecule has 1 N–H and O–H groups in total. The average molecular weight is 470 g/mol. The number of likely N-dealkylation sites (tertiary alicyclic amines) is 1. The number of halogens is 1. The second-order valence-electron chi connectivity index (χ2n) is 9.12. The molecule has 0 radical (unpaired) electrons. The van der Waals surface area contributed by atoms with Crippen LogP contribution in [0.3, 0.4) is 0 Å². The lowest BCUT2D eigenvalue weighted by molar-refractivity contribution is -0.116. The summed E-state index contributed by atoms with van der Waals surface area (Å²) in [5.41, 5.74) is 2.99. The summed E-state index contributed by atoms with van der Waals surface area (Å²) in [5.74, 6) is 0.146. The number of carbonyl (C=O) groups excluding carboxylic acids is 2. The highest BCUT2D eigenvalue weighted by Gasteiger charge is 2.26. The number of hydrogen-bond donors (Lipinski definition) is 1. The molecule has 0 spiro atoms. The third kappa shape index (κ3) is 5.14. The maximum atomic E-state index is 13.1. The minimum absolute atomic E-state index is 0.0148. The maximum absolute atomic E-state index is 13.1. The predicted octanol–water partition coefficient (Wildman–Crippen LogP) is 4.70. The van der Waals surface area contributed by atoms with Crippen molar-refractivity contribution in [3.8, 4) is 0 Å². The molecule has 1 aliphatic rings. The van der Waals surface area contributed by atoms with Crippen LogP contribution in [0.2, 0.25) is 5.02 Å². The SMILES string of the molecule is Cc1ccc(C(=O)N2CC(C)CC(C)C2)cc1NC(=O)CCn1c(=O)oc2cc(Cl)ccc21. The van der Waals surface area contributed by atoms with E-state index in [4.69, 9.17) is 16.0 Å². The molecule has 2 unspecified atom stereocenters. The van der Waals surface area contributed by atoms with E-state index in [9.17, 15) is 14.4 Å². The molecular formula is C25H28ClN3O4. The Morgan fingerprint density at radius 2 is 1.85 bits per heavy atom. The van der Waals surface area contributed by atoms with Crippen LogP contribution in [0.15, 0.2) is 45.6 Å². The summed E-state index contributed by atoms with van der Waals surface area (Å²) in [6.07, 6.45) is 1.21. The molecule has 0 saturated carbocycles. The van der Waals surface area contributed by atoms with Gasteiger partial charge in [0.2, 0.25) is 5.91 Å². The van der Waals surface area contributed by atoms with Crippen LogP contribution in [0, 0.1) is 18.8 Å². The molecule has 0 bridgehead atoms. The number of aromatic nitrogens is 1. The Kier molecular flexibility index (Phi) is 6.61. The van der Waals surface area contributed by atoms with E-state index < -0.39 is 5.76 Å². The van der Waals surface area contributed by atoms with Crippen molar-refractivity contribution < 1.29 is 14.0 Å². The molecule has 1 aromatic heterocycles. The molecule has 174 valence electrons. The van der Waals surface area contributed by atoms with Crippen LogP contribution in [-0.4, -0.2) is 34.4 Å². The van der Waals surface area contributed by atoms with Gasteiger partial charge in [0.15, 0.2) is 5.58 Å². The standard InChI is InChI=1S/C25H28ClN3O4/c1-15-10-16(2)14-28(13-15)24(31)18-5-4-17(3)20(11-18)27-23(30)8-9-29-21-7-6-19(26)12-22(21)33-25(29)32/h4-7,11-12,15-16H,8-10,13-14H2,1-3H3,(H,27,30). The zero-order chi connectivity index (χ0) is 23.7. The number of nitrogens with zero attached hydrogens (tertiary/aromatic N) is 2. The molecule has 8 heteroatoms. The van der Waals surface area contributed by atoms with Gasteiger partial charge in [0.25, 0.3) is 5.91 Å². The van der Waals surface area contributed by atoms with Crippen molar-refractivity contribution in [3.05, 3.63) is 63.1 Å². The largest absolute Gasteiger partial charge is 0.419 e. The summed E-state index contributed by atoms with van der Waals surface area (Å²) < 4.78 is 6.63. The zero-order valence-electron chi connectivity index (χ0n) is 19.1. The third-order valence-corrected chi connectivity index (χ3v) is 6.34. The Bertz CT molecular complexity index is 1250. The van der Waals surface area contributed by atoms with Crippen molar-refractivity contribution in [2.24, 2.45) is 11.8 Å². The molecule has 33 heavy (non-hydrogen) atoms. The topological polar surface area (TPSA) is 84.5 Å². The van der Waals surface area contributed by atoms with Crippen molar-refractivity contribution in [2.45, 2.75) is 40.2 Å². The molecule has 3 aromatic rings. The van der Waals surface area contributed by atoms with Crippen molar-refractivity contribution in [1.82, 2.24) is 9.47 Å². The van der Waals surface area contributed by atoms with Gasteiger partial charge in [0.1, 0.15) is 0 Å². The summed E-state index contributed by atoms with van der Waals surface area (Å²) in [6.45, 7) is 7.88. The molecule has 1 saturated heterocycles. The Balaban J connectivity index is 1.45. The number of amides is 2. The van der Waals surface area contributed by atoms with Gasteiger partial charge in [-0.3, -0.25) is 14.2 Å². The Morgan fingerprint density at radius 3 is 2.58 bits per heavy atom. The number of hydrogen-bond acceptors (Lipinski definition) is 4.